The van der Waals surface area contributed by atoms with E-state index in [2.05, 4.69) is 48.2 Å². The van der Waals surface area contributed by atoms with Crippen molar-refractivity contribution in [3.63, 3.8) is 0 Å². The van der Waals surface area contributed by atoms with Crippen molar-refractivity contribution in [2.75, 3.05) is 13.1 Å². The fourth-order valence-electron chi connectivity index (χ4n) is 2.46. The lowest BCUT2D eigenvalue weighted by molar-refractivity contribution is 0.116. The van der Waals surface area contributed by atoms with Crippen LogP contribution in [0, 0.1) is 16.7 Å². The summed E-state index contributed by atoms with van der Waals surface area (Å²) in [6.45, 7) is 9.53. The number of hydrogen-bond acceptors (Lipinski definition) is 2. The van der Waals surface area contributed by atoms with E-state index < -0.39 is 0 Å². The van der Waals surface area contributed by atoms with Gasteiger partial charge in [-0.2, -0.15) is 5.26 Å². The minimum Gasteiger partial charge on any atom is -0.299 e. The minimum absolute atomic E-state index is 0.252. The van der Waals surface area contributed by atoms with E-state index in [9.17, 15) is 0 Å². The second-order valence-corrected chi connectivity index (χ2v) is 5.41. The normalized spacial score (nSPS) is 18.0. The molecule has 1 aliphatic heterocycles. The first-order valence-corrected chi connectivity index (χ1v) is 7.35. The third-order valence-electron chi connectivity index (χ3n) is 3.82. The Hall–Kier alpha value is -1.33. The lowest BCUT2D eigenvalue weighted by Gasteiger charge is -2.38. The van der Waals surface area contributed by atoms with Crippen LogP contribution < -0.4 is 0 Å². The summed E-state index contributed by atoms with van der Waals surface area (Å²) in [6, 6.07) is 12.9. The molecule has 0 unspecified atom stereocenters. The SMILES string of the molecule is CC.CC1(CC#N)CCN(Cc2ccccc2)CC1. The van der Waals surface area contributed by atoms with Crippen molar-refractivity contribution in [2.24, 2.45) is 5.41 Å². The van der Waals surface area contributed by atoms with E-state index in [1.807, 2.05) is 13.8 Å². The highest BCUT2D eigenvalue weighted by Gasteiger charge is 2.29. The zero-order valence-electron chi connectivity index (χ0n) is 12.5. The number of benzene rings is 1. The molecule has 0 radical (unpaired) electrons. The quantitative estimate of drug-likeness (QED) is 0.811. The Kier molecular flexibility index (Phi) is 6.59. The summed E-state index contributed by atoms with van der Waals surface area (Å²) in [6.07, 6.45) is 2.99. The van der Waals surface area contributed by atoms with Crippen LogP contribution in [-0.2, 0) is 6.54 Å². The number of rotatable bonds is 3. The maximum Gasteiger partial charge on any atom is 0.0627 e. The monoisotopic (exact) mass is 258 g/mol. The molecule has 2 heteroatoms. The average molecular weight is 258 g/mol. The molecule has 0 saturated carbocycles. The Bertz CT molecular complexity index is 383. The third kappa shape index (κ3) is 5.04. The maximum absolute atomic E-state index is 8.82. The fourth-order valence-corrected chi connectivity index (χ4v) is 2.46. The van der Waals surface area contributed by atoms with Gasteiger partial charge in [0.25, 0.3) is 0 Å². The number of hydrogen-bond donors (Lipinski definition) is 0. The average Bonchev–Trinajstić information content (AvgIpc) is 2.45. The lowest BCUT2D eigenvalue weighted by atomic mass is 9.78. The second-order valence-electron chi connectivity index (χ2n) is 5.41. The molecule has 0 N–H and O–H groups in total. The van der Waals surface area contributed by atoms with Gasteiger partial charge < -0.3 is 0 Å². The van der Waals surface area contributed by atoms with Crippen LogP contribution in [0.2, 0.25) is 0 Å². The van der Waals surface area contributed by atoms with E-state index in [0.29, 0.717) is 6.42 Å². The predicted octanol–water partition coefficient (Wildman–Crippen LogP) is 4.23. The summed E-state index contributed by atoms with van der Waals surface area (Å²) in [7, 11) is 0. The molecule has 0 aliphatic carbocycles. The van der Waals surface area contributed by atoms with Gasteiger partial charge in [-0.1, -0.05) is 51.1 Å². The molecule has 1 aliphatic rings. The van der Waals surface area contributed by atoms with Crippen LogP contribution in [0.4, 0.5) is 0 Å². The summed E-state index contributed by atoms with van der Waals surface area (Å²) in [5.41, 5.74) is 1.64. The fraction of sp³-hybridized carbons (Fsp3) is 0.588. The molecule has 2 rings (SSSR count). The van der Waals surface area contributed by atoms with E-state index in [1.165, 1.54) is 5.56 Å². The van der Waals surface area contributed by atoms with Gasteiger partial charge in [0, 0.05) is 13.0 Å². The van der Waals surface area contributed by atoms with E-state index in [-0.39, 0.29) is 5.41 Å². The molecule has 0 bridgehead atoms. The van der Waals surface area contributed by atoms with Gasteiger partial charge in [-0.15, -0.1) is 0 Å². The lowest BCUT2D eigenvalue weighted by Crippen LogP contribution is -2.38. The molecule has 1 heterocycles. The summed E-state index contributed by atoms with van der Waals surface area (Å²) in [5, 5.41) is 8.82. The van der Waals surface area contributed by atoms with Gasteiger partial charge in [-0.05, 0) is 36.9 Å². The van der Waals surface area contributed by atoms with E-state index in [4.69, 9.17) is 5.26 Å². The second kappa shape index (κ2) is 7.96. The Morgan fingerprint density at radius 1 is 1.16 bits per heavy atom. The molecule has 104 valence electrons. The van der Waals surface area contributed by atoms with Crippen molar-refractivity contribution >= 4 is 0 Å². The van der Waals surface area contributed by atoms with E-state index in [0.717, 1.165) is 32.5 Å². The standard InChI is InChI=1S/C15H20N2.C2H6/c1-15(7-10-16)8-11-17(12-9-15)13-14-5-3-2-4-6-14;1-2/h2-6H,7-9,11-13H2,1H3;1-2H3. The van der Waals surface area contributed by atoms with Crippen LogP contribution in [0.5, 0.6) is 0 Å². The van der Waals surface area contributed by atoms with Crippen LogP contribution in [-0.4, -0.2) is 18.0 Å². The predicted molar refractivity (Wildman–Crippen MR) is 80.6 cm³/mol. The summed E-state index contributed by atoms with van der Waals surface area (Å²) >= 11 is 0. The van der Waals surface area contributed by atoms with E-state index in [1.54, 1.807) is 0 Å². The Morgan fingerprint density at radius 2 is 1.74 bits per heavy atom. The van der Waals surface area contributed by atoms with Gasteiger partial charge >= 0.3 is 0 Å². The summed E-state index contributed by atoms with van der Waals surface area (Å²) in [5.74, 6) is 0. The van der Waals surface area contributed by atoms with Crippen molar-refractivity contribution in [3.8, 4) is 6.07 Å². The van der Waals surface area contributed by atoms with Crippen molar-refractivity contribution in [2.45, 2.75) is 46.6 Å². The molecule has 1 saturated heterocycles. The molecular weight excluding hydrogens is 232 g/mol. The summed E-state index contributed by atoms with van der Waals surface area (Å²) in [4.78, 5) is 2.49. The van der Waals surface area contributed by atoms with Gasteiger partial charge in [0.1, 0.15) is 0 Å². The first kappa shape index (κ1) is 15.7. The molecule has 2 nitrogen and oxygen atoms in total. The van der Waals surface area contributed by atoms with Crippen LogP contribution >= 0.6 is 0 Å². The minimum atomic E-state index is 0.252. The highest BCUT2D eigenvalue weighted by atomic mass is 15.1. The highest BCUT2D eigenvalue weighted by molar-refractivity contribution is 5.14. The van der Waals surface area contributed by atoms with Crippen molar-refractivity contribution in [3.05, 3.63) is 35.9 Å². The molecule has 1 aromatic carbocycles. The number of likely N-dealkylation sites (tertiary alicyclic amines) is 1. The van der Waals surface area contributed by atoms with Crippen molar-refractivity contribution < 1.29 is 0 Å². The molecule has 19 heavy (non-hydrogen) atoms. The Balaban J connectivity index is 0.000000861. The molecule has 0 amide bonds. The van der Waals surface area contributed by atoms with Crippen molar-refractivity contribution in [1.29, 1.82) is 5.26 Å². The number of piperidine rings is 1. The van der Waals surface area contributed by atoms with Gasteiger partial charge in [0.15, 0.2) is 0 Å². The van der Waals surface area contributed by atoms with Gasteiger partial charge in [0.2, 0.25) is 0 Å². The van der Waals surface area contributed by atoms with Gasteiger partial charge in [-0.3, -0.25) is 4.90 Å². The van der Waals surface area contributed by atoms with E-state index >= 15 is 0 Å². The molecular formula is C17H26N2. The zero-order chi connectivity index (χ0) is 14.1. The third-order valence-corrected chi connectivity index (χ3v) is 3.82. The largest absolute Gasteiger partial charge is 0.299 e. The zero-order valence-corrected chi connectivity index (χ0v) is 12.5. The highest BCUT2D eigenvalue weighted by Crippen LogP contribution is 2.34. The first-order chi connectivity index (χ1) is 9.22. The smallest absolute Gasteiger partial charge is 0.0627 e. The number of nitrogens with zero attached hydrogens (tertiary/aromatic N) is 2. The Labute approximate surface area is 118 Å². The van der Waals surface area contributed by atoms with Gasteiger partial charge in [-0.25, -0.2) is 0 Å². The molecule has 0 spiro atoms. The molecule has 1 fully saturated rings. The van der Waals surface area contributed by atoms with Crippen LogP contribution in [0.1, 0.15) is 45.6 Å². The number of nitriles is 1. The topological polar surface area (TPSA) is 27.0 Å². The van der Waals surface area contributed by atoms with Gasteiger partial charge in [0.05, 0.1) is 6.07 Å². The summed E-state index contributed by atoms with van der Waals surface area (Å²) < 4.78 is 0. The van der Waals surface area contributed by atoms with Crippen LogP contribution in [0.3, 0.4) is 0 Å². The first-order valence-electron chi connectivity index (χ1n) is 7.35. The molecule has 0 atom stereocenters. The molecule has 1 aromatic rings. The van der Waals surface area contributed by atoms with Crippen LogP contribution in [0.15, 0.2) is 30.3 Å². The molecule has 0 aromatic heterocycles. The van der Waals surface area contributed by atoms with Crippen molar-refractivity contribution in [1.82, 2.24) is 4.90 Å². The van der Waals surface area contributed by atoms with Crippen LogP contribution in [0.25, 0.3) is 0 Å². The Morgan fingerprint density at radius 3 is 2.26 bits per heavy atom. The maximum atomic E-state index is 8.82.